The van der Waals surface area contributed by atoms with Gasteiger partial charge in [-0.2, -0.15) is 0 Å². The molecule has 0 unspecified atom stereocenters. The van der Waals surface area contributed by atoms with Crippen molar-refractivity contribution in [2.24, 2.45) is 5.73 Å². The van der Waals surface area contributed by atoms with Gasteiger partial charge in [0.15, 0.2) is 0 Å². The summed E-state index contributed by atoms with van der Waals surface area (Å²) >= 11 is 5.61. The van der Waals surface area contributed by atoms with Crippen molar-refractivity contribution < 1.29 is 0 Å². The van der Waals surface area contributed by atoms with E-state index in [4.69, 9.17) is 23.1 Å². The summed E-state index contributed by atoms with van der Waals surface area (Å²) in [4.78, 5) is 3.87. The van der Waals surface area contributed by atoms with Crippen LogP contribution in [0.15, 0.2) is 24.9 Å². The number of halogens is 1. The largest absolute Gasteiger partial charge is 0.398 e. The molecule has 1 aromatic heterocycles. The first-order valence-corrected chi connectivity index (χ1v) is 3.82. The molecule has 0 aliphatic rings. The van der Waals surface area contributed by atoms with Crippen LogP contribution in [0.5, 0.6) is 0 Å². The monoisotopic (exact) mass is 183 g/mol. The van der Waals surface area contributed by atoms with Gasteiger partial charge in [-0.3, -0.25) is 0 Å². The Labute approximate surface area is 76.0 Å². The van der Waals surface area contributed by atoms with Crippen LogP contribution in [0.4, 0.5) is 5.69 Å². The number of nitrogen functional groups attached to an aromatic ring is 1. The summed E-state index contributed by atoms with van der Waals surface area (Å²) in [5.74, 6) is 0. The number of hydrogen-bond donors (Lipinski definition) is 2. The highest BCUT2D eigenvalue weighted by Gasteiger charge is 2.06. The van der Waals surface area contributed by atoms with E-state index in [0.29, 0.717) is 10.8 Å². The molecule has 12 heavy (non-hydrogen) atoms. The van der Waals surface area contributed by atoms with Crippen LogP contribution in [0.2, 0.25) is 5.15 Å². The van der Waals surface area contributed by atoms with E-state index in [9.17, 15) is 0 Å². The van der Waals surface area contributed by atoms with E-state index >= 15 is 0 Å². The van der Waals surface area contributed by atoms with Gasteiger partial charge in [0.05, 0.1) is 6.04 Å². The molecule has 1 atom stereocenters. The van der Waals surface area contributed by atoms with Gasteiger partial charge in [0.1, 0.15) is 5.15 Å². The Hall–Kier alpha value is -1.06. The molecule has 3 nitrogen and oxygen atoms in total. The Bertz CT molecular complexity index is 298. The average molecular weight is 184 g/mol. The Balaban J connectivity index is 3.09. The fraction of sp³-hybridized carbons (Fsp3) is 0.125. The van der Waals surface area contributed by atoms with Crippen molar-refractivity contribution in [3.05, 3.63) is 35.6 Å². The molecule has 0 amide bonds. The molecule has 1 aromatic rings. The van der Waals surface area contributed by atoms with Gasteiger partial charge < -0.3 is 11.5 Å². The lowest BCUT2D eigenvalue weighted by atomic mass is 10.1. The van der Waals surface area contributed by atoms with Gasteiger partial charge in [0.25, 0.3) is 0 Å². The second-order valence-corrected chi connectivity index (χ2v) is 2.78. The molecule has 0 spiro atoms. The molecule has 0 bridgehead atoms. The molecule has 0 aromatic carbocycles. The zero-order valence-corrected chi connectivity index (χ0v) is 7.25. The van der Waals surface area contributed by atoms with Crippen molar-refractivity contribution in [1.29, 1.82) is 0 Å². The maximum atomic E-state index is 5.66. The molecule has 4 N–H and O–H groups in total. The van der Waals surface area contributed by atoms with E-state index in [0.717, 1.165) is 5.56 Å². The lowest BCUT2D eigenvalue weighted by molar-refractivity contribution is 0.908. The summed E-state index contributed by atoms with van der Waals surface area (Å²) in [7, 11) is 0. The predicted molar refractivity (Wildman–Crippen MR) is 50.8 cm³/mol. The summed E-state index contributed by atoms with van der Waals surface area (Å²) in [6.07, 6.45) is 3.16. The number of nitrogens with zero attached hydrogens (tertiary/aromatic N) is 1. The molecule has 1 rings (SSSR count). The normalized spacial score (nSPS) is 12.5. The molecule has 0 aliphatic heterocycles. The average Bonchev–Trinajstić information content (AvgIpc) is 2.03. The zero-order chi connectivity index (χ0) is 9.14. The summed E-state index contributed by atoms with van der Waals surface area (Å²) in [6, 6.07) is 1.29. The number of pyridine rings is 1. The third-order valence-corrected chi connectivity index (χ3v) is 1.75. The van der Waals surface area contributed by atoms with Gasteiger partial charge >= 0.3 is 0 Å². The van der Waals surface area contributed by atoms with Crippen molar-refractivity contribution in [3.63, 3.8) is 0 Å². The summed E-state index contributed by atoms with van der Waals surface area (Å²) in [5, 5.41) is 0.368. The fourth-order valence-electron chi connectivity index (χ4n) is 0.860. The standard InChI is InChI=1S/C8H10ClN3/c1-2-6(10)5-4-12-8(9)3-7(5)11/h2-4,6H,1,10H2,(H2,11,12)/t6-/m0/s1. The van der Waals surface area contributed by atoms with Gasteiger partial charge in [0, 0.05) is 17.4 Å². The van der Waals surface area contributed by atoms with E-state index < -0.39 is 0 Å². The van der Waals surface area contributed by atoms with E-state index in [1.807, 2.05) is 0 Å². The Kier molecular flexibility index (Phi) is 2.68. The van der Waals surface area contributed by atoms with Gasteiger partial charge in [0.2, 0.25) is 0 Å². The number of nitrogens with two attached hydrogens (primary N) is 2. The Morgan fingerprint density at radius 1 is 1.67 bits per heavy atom. The first-order valence-electron chi connectivity index (χ1n) is 3.44. The molecule has 0 saturated carbocycles. The molecule has 64 valence electrons. The molecular formula is C8H10ClN3. The van der Waals surface area contributed by atoms with Gasteiger partial charge in [-0.1, -0.05) is 17.7 Å². The zero-order valence-electron chi connectivity index (χ0n) is 6.50. The van der Waals surface area contributed by atoms with Crippen LogP contribution in [0, 0.1) is 0 Å². The highest BCUT2D eigenvalue weighted by molar-refractivity contribution is 6.29. The molecule has 0 fully saturated rings. The van der Waals surface area contributed by atoms with Crippen LogP contribution in [0.1, 0.15) is 11.6 Å². The summed E-state index contributed by atoms with van der Waals surface area (Å²) in [5.41, 5.74) is 12.6. The Morgan fingerprint density at radius 3 is 2.83 bits per heavy atom. The fourth-order valence-corrected chi connectivity index (χ4v) is 1.03. The summed E-state index contributed by atoms with van der Waals surface area (Å²) in [6.45, 7) is 3.56. The SMILES string of the molecule is C=C[C@H](N)c1cnc(Cl)cc1N. The minimum absolute atomic E-state index is 0.283. The number of hydrogen-bond acceptors (Lipinski definition) is 3. The first kappa shape index (κ1) is 9.03. The minimum atomic E-state index is -0.283. The van der Waals surface area contributed by atoms with Crippen LogP contribution in [-0.4, -0.2) is 4.98 Å². The smallest absolute Gasteiger partial charge is 0.131 e. The second-order valence-electron chi connectivity index (χ2n) is 2.40. The maximum Gasteiger partial charge on any atom is 0.131 e. The third-order valence-electron chi connectivity index (χ3n) is 1.55. The number of aromatic nitrogens is 1. The summed E-state index contributed by atoms with van der Waals surface area (Å²) < 4.78 is 0. The highest BCUT2D eigenvalue weighted by Crippen LogP contribution is 2.20. The minimum Gasteiger partial charge on any atom is -0.398 e. The van der Waals surface area contributed by atoms with Crippen LogP contribution >= 0.6 is 11.6 Å². The van der Waals surface area contributed by atoms with Gasteiger partial charge in [-0.25, -0.2) is 4.98 Å². The maximum absolute atomic E-state index is 5.66. The lowest BCUT2D eigenvalue weighted by Crippen LogP contribution is -2.09. The van der Waals surface area contributed by atoms with Crippen molar-refractivity contribution in [2.45, 2.75) is 6.04 Å². The third kappa shape index (κ3) is 1.75. The van der Waals surface area contributed by atoms with Crippen molar-refractivity contribution in [3.8, 4) is 0 Å². The van der Waals surface area contributed by atoms with Gasteiger partial charge in [-0.15, -0.1) is 6.58 Å². The van der Waals surface area contributed by atoms with Crippen molar-refractivity contribution in [2.75, 3.05) is 5.73 Å². The Morgan fingerprint density at radius 2 is 2.33 bits per heavy atom. The van der Waals surface area contributed by atoms with Crippen LogP contribution in [0.25, 0.3) is 0 Å². The van der Waals surface area contributed by atoms with E-state index in [1.54, 1.807) is 18.3 Å². The molecule has 0 aliphatic carbocycles. The van der Waals surface area contributed by atoms with E-state index in [1.165, 1.54) is 0 Å². The number of rotatable bonds is 2. The van der Waals surface area contributed by atoms with Crippen molar-refractivity contribution in [1.82, 2.24) is 4.98 Å². The molecular weight excluding hydrogens is 174 g/mol. The van der Waals surface area contributed by atoms with Crippen LogP contribution in [-0.2, 0) is 0 Å². The molecule has 0 radical (unpaired) electrons. The topological polar surface area (TPSA) is 64.9 Å². The van der Waals surface area contributed by atoms with Crippen LogP contribution in [0.3, 0.4) is 0 Å². The number of anilines is 1. The molecule has 0 saturated heterocycles. The van der Waals surface area contributed by atoms with Crippen LogP contribution < -0.4 is 11.5 Å². The predicted octanol–water partition coefficient (Wildman–Crippen LogP) is 1.50. The molecule has 1 heterocycles. The second kappa shape index (κ2) is 3.56. The van der Waals surface area contributed by atoms with Crippen molar-refractivity contribution >= 4 is 17.3 Å². The first-order chi connectivity index (χ1) is 5.65. The lowest BCUT2D eigenvalue weighted by Gasteiger charge is -2.08. The highest BCUT2D eigenvalue weighted by atomic mass is 35.5. The van der Waals surface area contributed by atoms with E-state index in [2.05, 4.69) is 11.6 Å². The van der Waals surface area contributed by atoms with Gasteiger partial charge in [-0.05, 0) is 6.07 Å². The quantitative estimate of drug-likeness (QED) is 0.540. The molecule has 4 heteroatoms. The van der Waals surface area contributed by atoms with E-state index in [-0.39, 0.29) is 6.04 Å².